The van der Waals surface area contributed by atoms with E-state index in [2.05, 4.69) is 62.5 Å². The van der Waals surface area contributed by atoms with Crippen molar-refractivity contribution in [1.29, 1.82) is 0 Å². The summed E-state index contributed by atoms with van der Waals surface area (Å²) in [6.07, 6.45) is 37.3. The van der Waals surface area contributed by atoms with Crippen molar-refractivity contribution in [1.82, 2.24) is 0 Å². The Hall–Kier alpha value is -2.03. The number of nitrogens with zero attached hydrogens (tertiary/aromatic N) is 1. The maximum atomic E-state index is 12.6. The van der Waals surface area contributed by atoms with E-state index in [1.54, 1.807) is 0 Å². The first-order valence-corrected chi connectivity index (χ1v) is 21.4. The molecule has 0 aliphatic heterocycles. The predicted molar refractivity (Wildman–Crippen MR) is 210 cm³/mol. The Bertz CT molecular complexity index is 1020. The van der Waals surface area contributed by atoms with Gasteiger partial charge in [0.15, 0.2) is 6.10 Å². The molecule has 0 spiro atoms. The second kappa shape index (κ2) is 33.8. The number of unbranched alkanes of at least 4 members (excludes halogenated alkanes) is 13. The van der Waals surface area contributed by atoms with Gasteiger partial charge < -0.3 is 18.9 Å². The number of phosphoric ester groups is 1. The molecule has 2 unspecified atom stereocenters. The largest absolute Gasteiger partial charge is 0.472 e. The number of phosphoric acid groups is 1. The van der Waals surface area contributed by atoms with Crippen LogP contribution in [0.1, 0.15) is 149 Å². The van der Waals surface area contributed by atoms with Crippen LogP contribution in [-0.4, -0.2) is 74.9 Å². The topological polar surface area (TPSA) is 108 Å². The van der Waals surface area contributed by atoms with Gasteiger partial charge in [-0.3, -0.25) is 18.6 Å². The normalized spacial score (nSPS) is 14.2. The summed E-state index contributed by atoms with van der Waals surface area (Å²) in [5.74, 6) is -0.831. The van der Waals surface area contributed by atoms with Crippen LogP contribution in [0.5, 0.6) is 0 Å². The van der Waals surface area contributed by atoms with Crippen LogP contribution in [-0.2, 0) is 32.7 Å². The Morgan fingerprint density at radius 3 is 1.67 bits per heavy atom. The fraction of sp³-hybridized carbons (Fsp3) is 0.756. The average Bonchev–Trinajstić information content (AvgIpc) is 3.07. The third-order valence-corrected chi connectivity index (χ3v) is 9.11. The third kappa shape index (κ3) is 37.5. The van der Waals surface area contributed by atoms with E-state index >= 15 is 0 Å². The zero-order valence-electron chi connectivity index (χ0n) is 33.1. The van der Waals surface area contributed by atoms with Gasteiger partial charge in [0.05, 0.1) is 27.7 Å². The number of esters is 2. The Labute approximate surface area is 312 Å². The van der Waals surface area contributed by atoms with Gasteiger partial charge >= 0.3 is 19.8 Å². The van der Waals surface area contributed by atoms with E-state index in [-0.39, 0.29) is 32.0 Å². The molecule has 9 nitrogen and oxygen atoms in total. The molecule has 0 saturated carbocycles. The molecule has 0 bridgehead atoms. The van der Waals surface area contributed by atoms with E-state index in [1.807, 2.05) is 21.1 Å². The van der Waals surface area contributed by atoms with Crippen LogP contribution in [0.15, 0.2) is 48.6 Å². The van der Waals surface area contributed by atoms with Crippen molar-refractivity contribution in [2.75, 3.05) is 47.5 Å². The van der Waals surface area contributed by atoms with E-state index in [0.29, 0.717) is 17.4 Å². The average molecular weight is 741 g/mol. The van der Waals surface area contributed by atoms with Gasteiger partial charge in [0.25, 0.3) is 0 Å². The monoisotopic (exact) mass is 741 g/mol. The molecular formula is C41H75NO8P+. The summed E-state index contributed by atoms with van der Waals surface area (Å²) in [5.41, 5.74) is 0. The smallest absolute Gasteiger partial charge is 0.462 e. The highest BCUT2D eigenvalue weighted by Crippen LogP contribution is 2.43. The van der Waals surface area contributed by atoms with E-state index < -0.39 is 26.5 Å². The van der Waals surface area contributed by atoms with Gasteiger partial charge in [-0.2, -0.15) is 0 Å². The molecule has 0 radical (unpaired) electrons. The van der Waals surface area contributed by atoms with Gasteiger partial charge in [-0.25, -0.2) is 4.57 Å². The number of quaternary nitrogens is 1. The Kier molecular flexibility index (Phi) is 32.4. The van der Waals surface area contributed by atoms with Crippen molar-refractivity contribution in [2.24, 2.45) is 0 Å². The maximum absolute atomic E-state index is 12.6. The van der Waals surface area contributed by atoms with Crippen molar-refractivity contribution in [3.8, 4) is 0 Å². The summed E-state index contributed by atoms with van der Waals surface area (Å²) in [5, 5.41) is 0. The molecule has 0 aromatic carbocycles. The van der Waals surface area contributed by atoms with Crippen LogP contribution in [0.2, 0.25) is 0 Å². The molecule has 0 aromatic rings. The molecular weight excluding hydrogens is 665 g/mol. The van der Waals surface area contributed by atoms with Gasteiger partial charge in [0, 0.05) is 12.8 Å². The summed E-state index contributed by atoms with van der Waals surface area (Å²) in [6, 6.07) is 0. The molecule has 0 aromatic heterocycles. The van der Waals surface area contributed by atoms with Crippen LogP contribution in [0.25, 0.3) is 0 Å². The number of carbonyl (C=O) groups excluding carboxylic acids is 2. The van der Waals surface area contributed by atoms with Crippen molar-refractivity contribution in [3.05, 3.63) is 48.6 Å². The highest BCUT2D eigenvalue weighted by atomic mass is 31.2. The molecule has 296 valence electrons. The van der Waals surface area contributed by atoms with Gasteiger partial charge in [-0.05, 0) is 51.4 Å². The lowest BCUT2D eigenvalue weighted by molar-refractivity contribution is -0.870. The van der Waals surface area contributed by atoms with Crippen LogP contribution in [0.3, 0.4) is 0 Å². The van der Waals surface area contributed by atoms with E-state index in [0.717, 1.165) is 70.6 Å². The fourth-order valence-corrected chi connectivity index (χ4v) is 5.74. The first-order valence-electron chi connectivity index (χ1n) is 19.9. The summed E-state index contributed by atoms with van der Waals surface area (Å²) < 4.78 is 34.1. The Morgan fingerprint density at radius 2 is 1.12 bits per heavy atom. The molecule has 0 aliphatic carbocycles. The second-order valence-corrected chi connectivity index (χ2v) is 15.7. The van der Waals surface area contributed by atoms with Crippen LogP contribution in [0.4, 0.5) is 0 Å². The molecule has 0 aliphatic rings. The van der Waals surface area contributed by atoms with Crippen molar-refractivity contribution in [3.63, 3.8) is 0 Å². The quantitative estimate of drug-likeness (QED) is 0.0225. The van der Waals surface area contributed by atoms with Crippen LogP contribution < -0.4 is 0 Å². The van der Waals surface area contributed by atoms with E-state index in [9.17, 15) is 19.0 Å². The molecule has 0 amide bonds. The Morgan fingerprint density at radius 1 is 0.627 bits per heavy atom. The number of hydrogen-bond acceptors (Lipinski definition) is 7. The molecule has 1 N–H and O–H groups in total. The number of rotatable bonds is 35. The summed E-state index contributed by atoms with van der Waals surface area (Å²) in [4.78, 5) is 35.2. The van der Waals surface area contributed by atoms with Gasteiger partial charge in [0.1, 0.15) is 19.8 Å². The lowest BCUT2D eigenvalue weighted by atomic mass is 10.1. The molecule has 0 saturated heterocycles. The Balaban J connectivity index is 4.46. The molecule has 2 atom stereocenters. The minimum absolute atomic E-state index is 0.0257. The zero-order valence-corrected chi connectivity index (χ0v) is 34.0. The number of ether oxygens (including phenoxy) is 2. The summed E-state index contributed by atoms with van der Waals surface area (Å²) in [6.45, 7) is 4.24. The predicted octanol–water partition coefficient (Wildman–Crippen LogP) is 10.7. The molecule has 51 heavy (non-hydrogen) atoms. The SMILES string of the molecule is CC/C=C\C/C=C\C/C=C\C/C=C\CCCCCCC(=O)OC(COC(=O)CCCCCCCCCCCC)COP(=O)(O)OCC[N+](C)(C)C. The number of allylic oxidation sites excluding steroid dienone is 8. The standard InChI is InChI=1S/C41H74NO8P/c1-6-8-10-12-14-16-18-19-20-21-22-23-24-26-28-30-32-34-41(44)50-39(38-49-51(45,46)48-36-35-42(3,4)5)37-47-40(43)33-31-29-27-25-17-15-13-11-9-7-2/h8,10,14,16,19-20,22-23,39H,6-7,9,11-13,15,17-18,21,24-38H2,1-5H3/p+1/b10-8-,16-14-,20-19-,23-22-. The number of hydrogen-bond donors (Lipinski definition) is 1. The van der Waals surface area contributed by atoms with Crippen LogP contribution >= 0.6 is 7.82 Å². The summed E-state index contributed by atoms with van der Waals surface area (Å²) in [7, 11) is 1.45. The highest BCUT2D eigenvalue weighted by molar-refractivity contribution is 7.47. The van der Waals surface area contributed by atoms with Gasteiger partial charge in [0.2, 0.25) is 0 Å². The van der Waals surface area contributed by atoms with Crippen LogP contribution in [0, 0.1) is 0 Å². The van der Waals surface area contributed by atoms with E-state index in [1.165, 1.54) is 44.9 Å². The minimum Gasteiger partial charge on any atom is -0.462 e. The second-order valence-electron chi connectivity index (χ2n) is 14.3. The minimum atomic E-state index is -4.37. The lowest BCUT2D eigenvalue weighted by Crippen LogP contribution is -2.37. The van der Waals surface area contributed by atoms with Crippen molar-refractivity contribution < 1.29 is 42.1 Å². The highest BCUT2D eigenvalue weighted by Gasteiger charge is 2.27. The van der Waals surface area contributed by atoms with Gasteiger partial charge in [-0.15, -0.1) is 0 Å². The van der Waals surface area contributed by atoms with E-state index in [4.69, 9.17) is 18.5 Å². The zero-order chi connectivity index (χ0) is 37.9. The number of carbonyl (C=O) groups is 2. The molecule has 10 heteroatoms. The van der Waals surface area contributed by atoms with Crippen molar-refractivity contribution >= 4 is 19.8 Å². The molecule has 0 rings (SSSR count). The first kappa shape index (κ1) is 49.0. The fourth-order valence-electron chi connectivity index (χ4n) is 5.00. The van der Waals surface area contributed by atoms with Crippen molar-refractivity contribution in [2.45, 2.75) is 155 Å². The molecule has 0 heterocycles. The maximum Gasteiger partial charge on any atom is 0.472 e. The molecule has 0 fully saturated rings. The summed E-state index contributed by atoms with van der Waals surface area (Å²) >= 11 is 0. The number of likely N-dealkylation sites (N-methyl/N-ethyl adjacent to an activating group) is 1. The lowest BCUT2D eigenvalue weighted by Gasteiger charge is -2.24. The third-order valence-electron chi connectivity index (χ3n) is 8.12. The first-order chi connectivity index (χ1) is 24.5. The van der Waals surface area contributed by atoms with Gasteiger partial charge in [-0.1, -0.05) is 133 Å².